The van der Waals surface area contributed by atoms with Crippen LogP contribution in [0.1, 0.15) is 40.0 Å². The van der Waals surface area contributed by atoms with E-state index >= 15 is 0 Å². The Bertz CT molecular complexity index is 400. The van der Waals surface area contributed by atoms with Crippen molar-refractivity contribution in [3.63, 3.8) is 0 Å². The normalized spacial score (nSPS) is 12.2. The Hall–Kier alpha value is -1.11. The molecule has 0 aliphatic carbocycles. The van der Waals surface area contributed by atoms with Gasteiger partial charge in [0.25, 0.3) is 0 Å². The minimum atomic E-state index is -3.36. The summed E-state index contributed by atoms with van der Waals surface area (Å²) in [5.74, 6) is -2.09. The lowest BCUT2D eigenvalue weighted by Crippen LogP contribution is -2.46. The van der Waals surface area contributed by atoms with Crippen LogP contribution in [0.4, 0.5) is 0 Å². The van der Waals surface area contributed by atoms with E-state index in [1.165, 1.54) is 0 Å². The number of carboxylic acid groups (broad SMARTS) is 1. The molecule has 0 fully saturated rings. The molecule has 0 radical (unpaired) electrons. The zero-order valence-corrected chi connectivity index (χ0v) is 11.8. The van der Waals surface area contributed by atoms with E-state index in [2.05, 4.69) is 5.32 Å². The standard InChI is InChI=1S/C11H21NO5S/c1-4-7-18(16,17)8-9(13)12-11(2,3)6-5-10(14)15/h4-8H2,1-3H3,(H,12,13)(H,14,15). The molecule has 0 bridgehead atoms. The number of amides is 1. The predicted molar refractivity (Wildman–Crippen MR) is 68.0 cm³/mol. The molecule has 106 valence electrons. The van der Waals surface area contributed by atoms with E-state index in [1.54, 1.807) is 20.8 Å². The van der Waals surface area contributed by atoms with Crippen molar-refractivity contribution in [3.05, 3.63) is 0 Å². The van der Waals surface area contributed by atoms with Crippen LogP contribution in [0.2, 0.25) is 0 Å². The first kappa shape index (κ1) is 16.9. The van der Waals surface area contributed by atoms with E-state index in [0.29, 0.717) is 6.42 Å². The first-order valence-corrected chi connectivity index (χ1v) is 7.63. The van der Waals surface area contributed by atoms with Gasteiger partial charge in [-0.1, -0.05) is 6.92 Å². The van der Waals surface area contributed by atoms with Crippen molar-refractivity contribution < 1.29 is 23.1 Å². The van der Waals surface area contributed by atoms with Crippen LogP contribution in [-0.2, 0) is 19.4 Å². The van der Waals surface area contributed by atoms with Crippen LogP contribution in [0.25, 0.3) is 0 Å². The minimum Gasteiger partial charge on any atom is -0.481 e. The lowest BCUT2D eigenvalue weighted by Gasteiger charge is -2.25. The Morgan fingerprint density at radius 3 is 2.28 bits per heavy atom. The molecular weight excluding hydrogens is 258 g/mol. The van der Waals surface area contributed by atoms with Crippen molar-refractivity contribution in [2.45, 2.75) is 45.6 Å². The Balaban J connectivity index is 4.34. The molecule has 0 heterocycles. The van der Waals surface area contributed by atoms with Crippen molar-refractivity contribution >= 4 is 21.7 Å². The molecule has 18 heavy (non-hydrogen) atoms. The molecule has 0 atom stereocenters. The van der Waals surface area contributed by atoms with Crippen molar-refractivity contribution in [1.29, 1.82) is 0 Å². The molecule has 0 spiro atoms. The van der Waals surface area contributed by atoms with Crippen molar-refractivity contribution in [2.24, 2.45) is 0 Å². The second-order valence-electron chi connectivity index (χ2n) is 4.92. The average molecular weight is 279 g/mol. The summed E-state index contributed by atoms with van der Waals surface area (Å²) >= 11 is 0. The summed E-state index contributed by atoms with van der Waals surface area (Å²) in [5, 5.41) is 11.1. The van der Waals surface area contributed by atoms with Crippen LogP contribution in [0.3, 0.4) is 0 Å². The fourth-order valence-corrected chi connectivity index (χ4v) is 2.72. The fourth-order valence-electron chi connectivity index (χ4n) is 1.48. The van der Waals surface area contributed by atoms with Gasteiger partial charge in [0.05, 0.1) is 5.75 Å². The maximum Gasteiger partial charge on any atom is 0.303 e. The largest absolute Gasteiger partial charge is 0.481 e. The highest BCUT2D eigenvalue weighted by molar-refractivity contribution is 7.92. The quantitative estimate of drug-likeness (QED) is 0.676. The lowest BCUT2D eigenvalue weighted by atomic mass is 9.98. The van der Waals surface area contributed by atoms with Gasteiger partial charge in [-0.2, -0.15) is 0 Å². The third-order valence-corrected chi connectivity index (χ3v) is 4.04. The molecule has 0 aliphatic rings. The number of carbonyl (C=O) groups is 2. The highest BCUT2D eigenvalue weighted by Crippen LogP contribution is 2.11. The molecule has 7 heteroatoms. The Labute approximate surface area is 108 Å². The first-order chi connectivity index (χ1) is 8.08. The van der Waals surface area contributed by atoms with Crippen LogP contribution in [0.15, 0.2) is 0 Å². The van der Waals surface area contributed by atoms with Crippen LogP contribution < -0.4 is 5.32 Å². The number of nitrogens with one attached hydrogen (secondary N) is 1. The second-order valence-corrected chi connectivity index (χ2v) is 7.10. The van der Waals surface area contributed by atoms with Gasteiger partial charge in [0.2, 0.25) is 5.91 Å². The molecular formula is C11H21NO5S. The summed E-state index contributed by atoms with van der Waals surface area (Å²) in [7, 11) is -3.36. The maximum absolute atomic E-state index is 11.6. The van der Waals surface area contributed by atoms with E-state index in [0.717, 1.165) is 0 Å². The zero-order valence-electron chi connectivity index (χ0n) is 11.0. The molecule has 0 rings (SSSR count). The number of carbonyl (C=O) groups excluding carboxylic acids is 1. The van der Waals surface area contributed by atoms with Crippen molar-refractivity contribution in [3.8, 4) is 0 Å². The maximum atomic E-state index is 11.6. The summed E-state index contributed by atoms with van der Waals surface area (Å²) in [6.45, 7) is 5.06. The van der Waals surface area contributed by atoms with E-state index in [-0.39, 0.29) is 18.6 Å². The summed E-state index contributed by atoms with van der Waals surface area (Å²) in [6, 6.07) is 0. The van der Waals surface area contributed by atoms with E-state index in [4.69, 9.17) is 5.11 Å². The van der Waals surface area contributed by atoms with Gasteiger partial charge in [-0.25, -0.2) is 8.42 Å². The smallest absolute Gasteiger partial charge is 0.303 e. The Kier molecular flexibility index (Phi) is 6.31. The summed E-state index contributed by atoms with van der Waals surface area (Å²) in [6.07, 6.45) is 0.648. The average Bonchev–Trinajstić information content (AvgIpc) is 2.12. The van der Waals surface area contributed by atoms with E-state index < -0.39 is 33.0 Å². The van der Waals surface area contributed by atoms with E-state index in [9.17, 15) is 18.0 Å². The summed E-state index contributed by atoms with van der Waals surface area (Å²) in [4.78, 5) is 22.0. The van der Waals surface area contributed by atoms with Crippen molar-refractivity contribution in [2.75, 3.05) is 11.5 Å². The molecule has 2 N–H and O–H groups in total. The number of hydrogen-bond donors (Lipinski definition) is 2. The van der Waals surface area contributed by atoms with Crippen LogP contribution in [0.5, 0.6) is 0 Å². The topological polar surface area (TPSA) is 101 Å². The molecule has 0 aromatic carbocycles. The SMILES string of the molecule is CCCS(=O)(=O)CC(=O)NC(C)(C)CCC(=O)O. The second kappa shape index (κ2) is 6.72. The molecule has 0 saturated heterocycles. The molecule has 0 aromatic rings. The van der Waals surface area contributed by atoms with E-state index in [1.807, 2.05) is 0 Å². The number of hydrogen-bond acceptors (Lipinski definition) is 4. The van der Waals surface area contributed by atoms with Crippen LogP contribution >= 0.6 is 0 Å². The van der Waals surface area contributed by atoms with Gasteiger partial charge in [0, 0.05) is 12.0 Å². The van der Waals surface area contributed by atoms with Crippen LogP contribution in [-0.4, -0.2) is 42.4 Å². The van der Waals surface area contributed by atoms with Gasteiger partial charge in [0.1, 0.15) is 5.75 Å². The Morgan fingerprint density at radius 2 is 1.83 bits per heavy atom. The van der Waals surface area contributed by atoms with Crippen molar-refractivity contribution in [1.82, 2.24) is 5.32 Å². The lowest BCUT2D eigenvalue weighted by molar-refractivity contribution is -0.137. The molecule has 0 unspecified atom stereocenters. The number of sulfone groups is 1. The van der Waals surface area contributed by atoms with Crippen LogP contribution in [0, 0.1) is 0 Å². The highest BCUT2D eigenvalue weighted by atomic mass is 32.2. The van der Waals surface area contributed by atoms with Gasteiger partial charge in [-0.15, -0.1) is 0 Å². The minimum absolute atomic E-state index is 0.0179. The Morgan fingerprint density at radius 1 is 1.28 bits per heavy atom. The molecule has 1 amide bonds. The summed E-state index contributed by atoms with van der Waals surface area (Å²) in [5.41, 5.74) is -0.725. The predicted octanol–water partition coefficient (Wildman–Crippen LogP) is 0.571. The zero-order chi connectivity index (χ0) is 14.4. The molecule has 0 aromatic heterocycles. The third-order valence-electron chi connectivity index (χ3n) is 2.31. The highest BCUT2D eigenvalue weighted by Gasteiger charge is 2.24. The van der Waals surface area contributed by atoms with Gasteiger partial charge >= 0.3 is 5.97 Å². The molecule has 0 aliphatic heterocycles. The number of carboxylic acids is 1. The molecule has 0 saturated carbocycles. The summed E-state index contributed by atoms with van der Waals surface area (Å²) < 4.78 is 22.9. The fraction of sp³-hybridized carbons (Fsp3) is 0.818. The van der Waals surface area contributed by atoms with Gasteiger partial charge in [-0.05, 0) is 26.7 Å². The number of aliphatic carboxylic acids is 1. The monoisotopic (exact) mass is 279 g/mol. The molecule has 6 nitrogen and oxygen atoms in total. The van der Waals surface area contributed by atoms with Gasteiger partial charge in [0.15, 0.2) is 9.84 Å². The number of rotatable bonds is 8. The third kappa shape index (κ3) is 8.05. The first-order valence-electron chi connectivity index (χ1n) is 5.81. The van der Waals surface area contributed by atoms with Gasteiger partial charge in [-0.3, -0.25) is 9.59 Å². The van der Waals surface area contributed by atoms with Gasteiger partial charge < -0.3 is 10.4 Å².